The van der Waals surface area contributed by atoms with Crippen LogP contribution in [0.1, 0.15) is 37.0 Å². The third-order valence-electron chi connectivity index (χ3n) is 4.31. The van der Waals surface area contributed by atoms with Crippen molar-refractivity contribution in [3.63, 3.8) is 0 Å². The summed E-state index contributed by atoms with van der Waals surface area (Å²) in [5.74, 6) is 1.48. The minimum atomic E-state index is -0.211. The SMILES string of the molecule is Fc1ccccc1CN=C(NCCc1ccco1)NC1CCCC1. The zero-order valence-corrected chi connectivity index (χ0v) is 13.8. The normalized spacial score (nSPS) is 15.6. The van der Waals surface area contributed by atoms with Gasteiger partial charge in [-0.05, 0) is 31.0 Å². The van der Waals surface area contributed by atoms with Crippen LogP contribution in [0.5, 0.6) is 0 Å². The average Bonchev–Trinajstić information content (AvgIpc) is 3.27. The van der Waals surface area contributed by atoms with Gasteiger partial charge in [-0.3, -0.25) is 0 Å². The predicted molar refractivity (Wildman–Crippen MR) is 93.3 cm³/mol. The van der Waals surface area contributed by atoms with Crippen LogP contribution in [0.2, 0.25) is 0 Å². The van der Waals surface area contributed by atoms with E-state index in [2.05, 4.69) is 15.6 Å². The average molecular weight is 329 g/mol. The van der Waals surface area contributed by atoms with E-state index >= 15 is 0 Å². The summed E-state index contributed by atoms with van der Waals surface area (Å²) >= 11 is 0. The third kappa shape index (κ3) is 4.85. The Hall–Kier alpha value is -2.30. The molecule has 0 amide bonds. The lowest BCUT2D eigenvalue weighted by Crippen LogP contribution is -2.43. The molecule has 4 nitrogen and oxygen atoms in total. The zero-order chi connectivity index (χ0) is 16.6. The number of benzene rings is 1. The Bertz CT molecular complexity index is 648. The summed E-state index contributed by atoms with van der Waals surface area (Å²) in [5, 5.41) is 6.80. The molecule has 0 aliphatic heterocycles. The lowest BCUT2D eigenvalue weighted by Gasteiger charge is -2.17. The number of furan rings is 1. The topological polar surface area (TPSA) is 49.6 Å². The molecule has 2 aromatic rings. The van der Waals surface area contributed by atoms with E-state index in [0.29, 0.717) is 18.2 Å². The number of hydrogen-bond donors (Lipinski definition) is 2. The molecule has 1 aliphatic rings. The first-order chi connectivity index (χ1) is 11.8. The van der Waals surface area contributed by atoms with Crippen molar-refractivity contribution >= 4 is 5.96 Å². The van der Waals surface area contributed by atoms with E-state index in [4.69, 9.17) is 4.42 Å². The van der Waals surface area contributed by atoms with Crippen LogP contribution >= 0.6 is 0 Å². The molecule has 0 spiro atoms. The first kappa shape index (κ1) is 16.6. The summed E-state index contributed by atoms with van der Waals surface area (Å²) in [6.45, 7) is 1.05. The molecule has 1 saturated carbocycles. The smallest absolute Gasteiger partial charge is 0.191 e. The summed E-state index contributed by atoms with van der Waals surface area (Å²) in [4.78, 5) is 4.56. The number of rotatable bonds is 6. The molecule has 0 bridgehead atoms. The second-order valence-electron chi connectivity index (χ2n) is 6.14. The fraction of sp³-hybridized carbons (Fsp3) is 0.421. The van der Waals surface area contributed by atoms with E-state index in [1.54, 1.807) is 18.4 Å². The molecule has 3 rings (SSSR count). The van der Waals surface area contributed by atoms with Crippen molar-refractivity contribution in [1.29, 1.82) is 0 Å². The van der Waals surface area contributed by atoms with Gasteiger partial charge >= 0.3 is 0 Å². The monoisotopic (exact) mass is 329 g/mol. The zero-order valence-electron chi connectivity index (χ0n) is 13.8. The largest absolute Gasteiger partial charge is 0.469 e. The Kier molecular flexibility index (Phi) is 5.88. The Morgan fingerprint density at radius 1 is 1.17 bits per heavy atom. The summed E-state index contributed by atoms with van der Waals surface area (Å²) in [6, 6.07) is 11.1. The molecule has 1 aromatic carbocycles. The molecule has 2 N–H and O–H groups in total. The number of aliphatic imine (C=N–C) groups is 1. The number of halogens is 1. The lowest BCUT2D eigenvalue weighted by atomic mass is 10.2. The molecule has 0 unspecified atom stereocenters. The van der Waals surface area contributed by atoms with E-state index in [1.807, 2.05) is 18.2 Å². The Morgan fingerprint density at radius 3 is 2.75 bits per heavy atom. The second-order valence-corrected chi connectivity index (χ2v) is 6.14. The van der Waals surface area contributed by atoms with Gasteiger partial charge in [0.1, 0.15) is 11.6 Å². The van der Waals surface area contributed by atoms with Crippen LogP contribution < -0.4 is 10.6 Å². The first-order valence-electron chi connectivity index (χ1n) is 8.62. The Morgan fingerprint density at radius 2 is 2.00 bits per heavy atom. The van der Waals surface area contributed by atoms with Crippen molar-refractivity contribution in [2.45, 2.75) is 44.7 Å². The molecule has 0 atom stereocenters. The van der Waals surface area contributed by atoms with Crippen LogP contribution in [0, 0.1) is 5.82 Å². The molecule has 1 aliphatic carbocycles. The molecule has 5 heteroatoms. The van der Waals surface area contributed by atoms with Crippen LogP contribution in [0.4, 0.5) is 4.39 Å². The van der Waals surface area contributed by atoms with Gasteiger partial charge in [-0.25, -0.2) is 9.38 Å². The maximum absolute atomic E-state index is 13.8. The minimum absolute atomic E-state index is 0.211. The number of guanidine groups is 1. The first-order valence-corrected chi connectivity index (χ1v) is 8.62. The highest BCUT2D eigenvalue weighted by Gasteiger charge is 2.16. The summed E-state index contributed by atoms with van der Waals surface area (Å²) in [5.41, 5.74) is 0.607. The highest BCUT2D eigenvalue weighted by Crippen LogP contribution is 2.17. The van der Waals surface area contributed by atoms with E-state index in [0.717, 1.165) is 24.7 Å². The van der Waals surface area contributed by atoms with Crippen molar-refractivity contribution < 1.29 is 8.81 Å². The summed E-state index contributed by atoms with van der Waals surface area (Å²) in [6.07, 6.45) is 7.31. The van der Waals surface area contributed by atoms with Gasteiger partial charge in [-0.2, -0.15) is 0 Å². The van der Waals surface area contributed by atoms with Crippen LogP contribution in [0.3, 0.4) is 0 Å². The maximum atomic E-state index is 13.8. The van der Waals surface area contributed by atoms with Crippen molar-refractivity contribution in [3.05, 3.63) is 59.8 Å². The highest BCUT2D eigenvalue weighted by atomic mass is 19.1. The van der Waals surface area contributed by atoms with Crippen LogP contribution in [0.25, 0.3) is 0 Å². The van der Waals surface area contributed by atoms with Gasteiger partial charge in [0.2, 0.25) is 0 Å². The molecular weight excluding hydrogens is 305 g/mol. The fourth-order valence-electron chi connectivity index (χ4n) is 2.97. The molecule has 1 heterocycles. The Labute approximate surface area is 142 Å². The molecule has 128 valence electrons. The molecule has 1 fully saturated rings. The van der Waals surface area contributed by atoms with Gasteiger partial charge in [-0.1, -0.05) is 31.0 Å². The summed E-state index contributed by atoms with van der Waals surface area (Å²) in [7, 11) is 0. The third-order valence-corrected chi connectivity index (χ3v) is 4.31. The fourth-order valence-corrected chi connectivity index (χ4v) is 2.97. The maximum Gasteiger partial charge on any atom is 0.191 e. The van der Waals surface area contributed by atoms with Crippen molar-refractivity contribution in [2.24, 2.45) is 4.99 Å². The molecule has 0 radical (unpaired) electrons. The van der Waals surface area contributed by atoms with Crippen LogP contribution in [-0.2, 0) is 13.0 Å². The van der Waals surface area contributed by atoms with Gasteiger partial charge < -0.3 is 15.1 Å². The van der Waals surface area contributed by atoms with Crippen molar-refractivity contribution in [3.8, 4) is 0 Å². The van der Waals surface area contributed by atoms with Crippen molar-refractivity contribution in [1.82, 2.24) is 10.6 Å². The second kappa shape index (κ2) is 8.52. The predicted octanol–water partition coefficient (Wildman–Crippen LogP) is 3.64. The highest BCUT2D eigenvalue weighted by molar-refractivity contribution is 5.80. The van der Waals surface area contributed by atoms with Gasteiger partial charge in [0.15, 0.2) is 5.96 Å². The van der Waals surface area contributed by atoms with Crippen molar-refractivity contribution in [2.75, 3.05) is 6.54 Å². The van der Waals surface area contributed by atoms with Crippen LogP contribution in [-0.4, -0.2) is 18.5 Å². The van der Waals surface area contributed by atoms with Crippen LogP contribution in [0.15, 0.2) is 52.1 Å². The van der Waals surface area contributed by atoms with Gasteiger partial charge in [0, 0.05) is 24.6 Å². The number of nitrogens with one attached hydrogen (secondary N) is 2. The number of hydrogen-bond acceptors (Lipinski definition) is 2. The van der Waals surface area contributed by atoms with Gasteiger partial charge in [0.05, 0.1) is 12.8 Å². The summed E-state index contributed by atoms with van der Waals surface area (Å²) < 4.78 is 19.1. The number of nitrogens with zero attached hydrogens (tertiary/aromatic N) is 1. The molecular formula is C19H24FN3O. The molecule has 24 heavy (non-hydrogen) atoms. The minimum Gasteiger partial charge on any atom is -0.469 e. The standard InChI is InChI=1S/C19H24FN3O/c20-18-10-4-1-6-15(18)14-22-19(23-16-7-2-3-8-16)21-12-11-17-9-5-13-24-17/h1,4-6,9-10,13,16H,2-3,7-8,11-12,14H2,(H2,21,22,23). The van der Waals surface area contributed by atoms with E-state index in [-0.39, 0.29) is 5.82 Å². The van der Waals surface area contributed by atoms with E-state index in [1.165, 1.54) is 31.7 Å². The Balaban J connectivity index is 1.59. The quantitative estimate of drug-likeness (QED) is 0.628. The van der Waals surface area contributed by atoms with E-state index in [9.17, 15) is 4.39 Å². The van der Waals surface area contributed by atoms with Gasteiger partial charge in [-0.15, -0.1) is 0 Å². The molecule has 0 saturated heterocycles. The lowest BCUT2D eigenvalue weighted by molar-refractivity contribution is 0.506. The molecule has 1 aromatic heterocycles. The van der Waals surface area contributed by atoms with Gasteiger partial charge in [0.25, 0.3) is 0 Å². The van der Waals surface area contributed by atoms with E-state index < -0.39 is 0 Å².